The van der Waals surface area contributed by atoms with Gasteiger partial charge in [-0.2, -0.15) is 5.10 Å². The zero-order valence-electron chi connectivity index (χ0n) is 14.2. The Bertz CT molecular complexity index is 739. The van der Waals surface area contributed by atoms with Crippen molar-refractivity contribution in [2.75, 3.05) is 26.3 Å². The Morgan fingerprint density at radius 1 is 1.25 bits per heavy atom. The summed E-state index contributed by atoms with van der Waals surface area (Å²) in [5, 5.41) is 5.52. The fourth-order valence-electron chi connectivity index (χ4n) is 4.04. The van der Waals surface area contributed by atoms with Crippen molar-refractivity contribution in [3.05, 3.63) is 24.0 Å². The van der Waals surface area contributed by atoms with Gasteiger partial charge in [-0.25, -0.2) is 9.67 Å². The summed E-state index contributed by atoms with van der Waals surface area (Å²) in [6.45, 7) is 5.68. The van der Waals surface area contributed by atoms with Crippen molar-refractivity contribution in [3.63, 3.8) is 0 Å². The van der Waals surface area contributed by atoms with Crippen LogP contribution in [0.3, 0.4) is 0 Å². The molecule has 1 spiro atoms. The van der Waals surface area contributed by atoms with E-state index in [2.05, 4.69) is 10.1 Å². The largest absolute Gasteiger partial charge is 0.381 e. The molecule has 2 saturated heterocycles. The van der Waals surface area contributed by atoms with Crippen LogP contribution in [0.5, 0.6) is 0 Å². The van der Waals surface area contributed by atoms with Crippen LogP contribution >= 0.6 is 0 Å². The van der Waals surface area contributed by atoms with Crippen LogP contribution in [0, 0.1) is 12.3 Å². The number of aromatic nitrogens is 3. The summed E-state index contributed by atoms with van der Waals surface area (Å²) in [6.07, 6.45) is 6.22. The molecule has 0 aliphatic carbocycles. The molecule has 4 rings (SSSR count). The molecular weight excluding hydrogens is 304 g/mol. The van der Waals surface area contributed by atoms with Crippen LogP contribution < -0.4 is 0 Å². The molecule has 0 aromatic carbocycles. The number of rotatable bonds is 2. The van der Waals surface area contributed by atoms with E-state index in [1.807, 2.05) is 24.0 Å². The second kappa shape index (κ2) is 6.16. The minimum atomic E-state index is 0.145. The van der Waals surface area contributed by atoms with E-state index in [1.54, 1.807) is 10.9 Å². The van der Waals surface area contributed by atoms with Crippen molar-refractivity contribution in [1.82, 2.24) is 19.7 Å². The zero-order valence-corrected chi connectivity index (χ0v) is 14.2. The van der Waals surface area contributed by atoms with E-state index in [0.717, 1.165) is 68.7 Å². The topological polar surface area (TPSA) is 60.2 Å². The summed E-state index contributed by atoms with van der Waals surface area (Å²) in [6, 6.07) is 3.91. The highest BCUT2D eigenvalue weighted by molar-refractivity contribution is 5.81. The average Bonchev–Trinajstić information content (AvgIpc) is 2.92. The molecule has 2 aliphatic heterocycles. The molecule has 0 saturated carbocycles. The van der Waals surface area contributed by atoms with E-state index >= 15 is 0 Å². The maximum Gasteiger partial charge on any atom is 0.244 e. The predicted molar refractivity (Wildman–Crippen MR) is 90.6 cm³/mol. The number of carbonyl (C=O) groups is 1. The van der Waals surface area contributed by atoms with E-state index < -0.39 is 0 Å². The molecule has 1 amide bonds. The van der Waals surface area contributed by atoms with Crippen LogP contribution in [0.25, 0.3) is 11.0 Å². The average molecular weight is 328 g/mol. The normalized spacial score (nSPS) is 20.6. The Balaban J connectivity index is 1.43. The Morgan fingerprint density at radius 3 is 2.75 bits per heavy atom. The lowest BCUT2D eigenvalue weighted by Gasteiger charge is -2.44. The van der Waals surface area contributed by atoms with Crippen LogP contribution in [0.2, 0.25) is 0 Å². The van der Waals surface area contributed by atoms with Crippen molar-refractivity contribution < 1.29 is 9.53 Å². The number of piperidine rings is 1. The van der Waals surface area contributed by atoms with Crippen molar-refractivity contribution in [2.45, 2.75) is 39.2 Å². The molecule has 0 radical (unpaired) electrons. The predicted octanol–water partition coefficient (Wildman–Crippen LogP) is 2.16. The van der Waals surface area contributed by atoms with E-state index in [1.165, 1.54) is 0 Å². The summed E-state index contributed by atoms with van der Waals surface area (Å²) < 4.78 is 7.24. The molecule has 2 aromatic heterocycles. The number of hydrogen-bond donors (Lipinski definition) is 0. The van der Waals surface area contributed by atoms with Gasteiger partial charge in [-0.15, -0.1) is 0 Å². The number of nitrogens with zero attached hydrogens (tertiary/aromatic N) is 4. The lowest BCUT2D eigenvalue weighted by atomic mass is 9.72. The van der Waals surface area contributed by atoms with Gasteiger partial charge < -0.3 is 9.64 Å². The Kier molecular flexibility index (Phi) is 4.00. The Labute approximate surface area is 141 Å². The van der Waals surface area contributed by atoms with Gasteiger partial charge in [0, 0.05) is 37.9 Å². The maximum atomic E-state index is 12.7. The number of likely N-dealkylation sites (tertiary alicyclic amines) is 1. The highest BCUT2D eigenvalue weighted by Crippen LogP contribution is 2.40. The molecule has 2 fully saturated rings. The Morgan fingerprint density at radius 2 is 2.00 bits per heavy atom. The zero-order chi connectivity index (χ0) is 16.6. The molecule has 128 valence electrons. The second-order valence-electron chi connectivity index (χ2n) is 7.11. The maximum absolute atomic E-state index is 12.7. The van der Waals surface area contributed by atoms with E-state index in [-0.39, 0.29) is 12.5 Å². The molecule has 0 atom stereocenters. The Hall–Kier alpha value is -1.95. The van der Waals surface area contributed by atoms with Crippen molar-refractivity contribution in [3.8, 4) is 0 Å². The third-order valence-electron chi connectivity index (χ3n) is 5.71. The minimum Gasteiger partial charge on any atom is -0.381 e. The molecule has 0 bridgehead atoms. The van der Waals surface area contributed by atoms with Gasteiger partial charge in [-0.1, -0.05) is 0 Å². The van der Waals surface area contributed by atoms with Crippen molar-refractivity contribution in [2.24, 2.45) is 5.41 Å². The van der Waals surface area contributed by atoms with Gasteiger partial charge in [0.15, 0.2) is 5.65 Å². The molecule has 2 aromatic rings. The van der Waals surface area contributed by atoms with E-state index in [0.29, 0.717) is 5.41 Å². The monoisotopic (exact) mass is 328 g/mol. The summed E-state index contributed by atoms with van der Waals surface area (Å²) in [5.41, 5.74) is 2.12. The van der Waals surface area contributed by atoms with Crippen LogP contribution in [-0.4, -0.2) is 51.9 Å². The number of carbonyl (C=O) groups excluding carboxylic acids is 1. The molecule has 0 N–H and O–H groups in total. The molecule has 6 nitrogen and oxygen atoms in total. The number of hydrogen-bond acceptors (Lipinski definition) is 4. The number of amides is 1. The van der Waals surface area contributed by atoms with Gasteiger partial charge in [-0.05, 0) is 50.2 Å². The van der Waals surface area contributed by atoms with Crippen LogP contribution in [0.4, 0.5) is 0 Å². The van der Waals surface area contributed by atoms with Gasteiger partial charge in [-0.3, -0.25) is 4.79 Å². The first-order valence-electron chi connectivity index (χ1n) is 8.81. The minimum absolute atomic E-state index is 0.145. The molecule has 24 heavy (non-hydrogen) atoms. The SMILES string of the molecule is Cc1nn(CC(=O)N2CCC3(CCOCC3)CC2)c2ncccc12. The first-order valence-corrected chi connectivity index (χ1v) is 8.81. The summed E-state index contributed by atoms with van der Waals surface area (Å²) in [5.74, 6) is 0.145. The van der Waals surface area contributed by atoms with Crippen LogP contribution in [0.15, 0.2) is 18.3 Å². The lowest BCUT2D eigenvalue weighted by Crippen LogP contribution is -2.46. The first kappa shape index (κ1) is 15.6. The van der Waals surface area contributed by atoms with E-state index in [4.69, 9.17) is 4.74 Å². The van der Waals surface area contributed by atoms with Gasteiger partial charge >= 0.3 is 0 Å². The number of ether oxygens (including phenoxy) is 1. The van der Waals surface area contributed by atoms with Crippen molar-refractivity contribution in [1.29, 1.82) is 0 Å². The van der Waals surface area contributed by atoms with Crippen LogP contribution in [-0.2, 0) is 16.1 Å². The van der Waals surface area contributed by atoms with E-state index in [9.17, 15) is 4.79 Å². The third kappa shape index (κ3) is 2.79. The number of pyridine rings is 1. The van der Waals surface area contributed by atoms with Gasteiger partial charge in [0.2, 0.25) is 5.91 Å². The fraction of sp³-hybridized carbons (Fsp3) is 0.611. The van der Waals surface area contributed by atoms with Crippen LogP contribution in [0.1, 0.15) is 31.4 Å². The van der Waals surface area contributed by atoms with Gasteiger partial charge in [0.1, 0.15) is 6.54 Å². The molecule has 6 heteroatoms. The van der Waals surface area contributed by atoms with Gasteiger partial charge in [0.25, 0.3) is 0 Å². The highest BCUT2D eigenvalue weighted by atomic mass is 16.5. The lowest BCUT2D eigenvalue weighted by molar-refractivity contribution is -0.135. The molecule has 0 unspecified atom stereocenters. The molecular formula is C18H24N4O2. The summed E-state index contributed by atoms with van der Waals surface area (Å²) in [7, 11) is 0. The molecule has 2 aliphatic rings. The second-order valence-corrected chi connectivity index (χ2v) is 7.11. The summed E-state index contributed by atoms with van der Waals surface area (Å²) >= 11 is 0. The molecule has 4 heterocycles. The smallest absolute Gasteiger partial charge is 0.244 e. The quantitative estimate of drug-likeness (QED) is 0.847. The standard InChI is InChI=1S/C18H24N4O2/c1-14-15-3-2-8-19-17(15)22(20-14)13-16(23)21-9-4-18(5-10-21)6-11-24-12-7-18/h2-3,8H,4-7,9-13H2,1H3. The number of aryl methyl sites for hydroxylation is 1. The highest BCUT2D eigenvalue weighted by Gasteiger charge is 2.37. The number of fused-ring (bicyclic) bond motifs is 1. The third-order valence-corrected chi connectivity index (χ3v) is 5.71. The summed E-state index contributed by atoms with van der Waals surface area (Å²) in [4.78, 5) is 19.1. The first-order chi connectivity index (χ1) is 11.7. The van der Waals surface area contributed by atoms with Gasteiger partial charge in [0.05, 0.1) is 5.69 Å². The fourth-order valence-corrected chi connectivity index (χ4v) is 4.04. The van der Waals surface area contributed by atoms with Crippen molar-refractivity contribution >= 4 is 16.9 Å².